The minimum absolute atomic E-state index is 0.0852. The summed E-state index contributed by atoms with van der Waals surface area (Å²) < 4.78 is 29.0. The van der Waals surface area contributed by atoms with Crippen molar-refractivity contribution >= 4 is 32.7 Å². The molecule has 7 nitrogen and oxygen atoms in total. The van der Waals surface area contributed by atoms with Crippen LogP contribution in [0.5, 0.6) is 0 Å². The molecule has 1 aliphatic heterocycles. The fourth-order valence-corrected chi connectivity index (χ4v) is 7.00. The van der Waals surface area contributed by atoms with Crippen molar-refractivity contribution in [3.05, 3.63) is 126 Å². The molecule has 0 saturated heterocycles. The second-order valence-corrected chi connectivity index (χ2v) is 11.7. The summed E-state index contributed by atoms with van der Waals surface area (Å²) in [5, 5.41) is 3.09. The van der Waals surface area contributed by atoms with Crippen LogP contribution in [0.25, 0.3) is 11.0 Å². The zero-order valence-electron chi connectivity index (χ0n) is 21.4. The molecule has 0 bridgehead atoms. The third-order valence-corrected chi connectivity index (χ3v) is 9.05. The van der Waals surface area contributed by atoms with Crippen LogP contribution in [0.3, 0.4) is 0 Å². The molecule has 0 radical (unpaired) electrons. The third-order valence-electron chi connectivity index (χ3n) is 7.12. The fraction of sp³-hybridized carbons (Fsp3) is 0.161. The molecule has 4 aromatic carbocycles. The van der Waals surface area contributed by atoms with E-state index in [-0.39, 0.29) is 22.4 Å². The number of nitrogens with zero attached hydrogens (tertiary/aromatic N) is 2. The van der Waals surface area contributed by atoms with Crippen molar-refractivity contribution in [2.45, 2.75) is 36.7 Å². The van der Waals surface area contributed by atoms with Gasteiger partial charge in [0.05, 0.1) is 27.7 Å². The number of fused-ring (bicyclic) bond motifs is 2. The van der Waals surface area contributed by atoms with Gasteiger partial charge in [-0.2, -0.15) is 0 Å². The second-order valence-electron chi connectivity index (χ2n) is 9.87. The van der Waals surface area contributed by atoms with Crippen LogP contribution < -0.4 is 9.62 Å². The van der Waals surface area contributed by atoms with Crippen molar-refractivity contribution in [2.75, 3.05) is 4.31 Å². The van der Waals surface area contributed by atoms with Crippen molar-refractivity contribution in [1.82, 2.24) is 15.3 Å². The highest BCUT2D eigenvalue weighted by molar-refractivity contribution is 7.92. The lowest BCUT2D eigenvalue weighted by Gasteiger charge is -2.24. The van der Waals surface area contributed by atoms with Crippen molar-refractivity contribution < 1.29 is 13.2 Å². The van der Waals surface area contributed by atoms with Gasteiger partial charge in [-0.25, -0.2) is 13.4 Å². The van der Waals surface area contributed by atoms with E-state index in [2.05, 4.69) is 10.3 Å². The highest BCUT2D eigenvalue weighted by Crippen LogP contribution is 2.36. The van der Waals surface area contributed by atoms with Crippen LogP contribution in [0.2, 0.25) is 0 Å². The van der Waals surface area contributed by atoms with Gasteiger partial charge in [0, 0.05) is 11.6 Å². The Labute approximate surface area is 227 Å². The van der Waals surface area contributed by atoms with Gasteiger partial charge < -0.3 is 10.3 Å². The molecule has 0 aliphatic carbocycles. The number of rotatable bonds is 7. The largest absolute Gasteiger partial charge is 0.342 e. The van der Waals surface area contributed by atoms with Gasteiger partial charge in [0.25, 0.3) is 15.9 Å². The topological polar surface area (TPSA) is 95.2 Å². The molecule has 0 fully saturated rings. The number of imidazole rings is 1. The number of hydrogen-bond donors (Lipinski definition) is 2. The molecule has 8 heteroatoms. The van der Waals surface area contributed by atoms with E-state index < -0.39 is 16.1 Å². The van der Waals surface area contributed by atoms with Gasteiger partial charge in [0.1, 0.15) is 5.82 Å². The van der Waals surface area contributed by atoms with Gasteiger partial charge in [-0.3, -0.25) is 9.10 Å². The number of aromatic nitrogens is 2. The Bertz CT molecular complexity index is 1730. The van der Waals surface area contributed by atoms with Gasteiger partial charge in [0.15, 0.2) is 0 Å². The molecule has 1 amide bonds. The minimum Gasteiger partial charge on any atom is -0.342 e. The summed E-state index contributed by atoms with van der Waals surface area (Å²) in [5.74, 6) is 0.267. The Kier molecular flexibility index (Phi) is 6.40. The van der Waals surface area contributed by atoms with E-state index in [1.54, 1.807) is 18.2 Å². The Morgan fingerprint density at radius 3 is 2.54 bits per heavy atom. The number of carbonyl (C=O) groups excluding carboxylic acids is 1. The second kappa shape index (κ2) is 10.0. The number of benzene rings is 4. The summed E-state index contributed by atoms with van der Waals surface area (Å²) in [5.41, 5.74) is 4.69. The number of hydrogen-bond acceptors (Lipinski definition) is 4. The van der Waals surface area contributed by atoms with E-state index >= 15 is 0 Å². The maximum Gasteiger partial charge on any atom is 0.264 e. The van der Waals surface area contributed by atoms with Crippen molar-refractivity contribution in [1.29, 1.82) is 0 Å². The smallest absolute Gasteiger partial charge is 0.264 e. The van der Waals surface area contributed by atoms with Crippen LogP contribution in [0.15, 0.2) is 108 Å². The number of amides is 1. The Morgan fingerprint density at radius 2 is 1.72 bits per heavy atom. The monoisotopic (exact) mass is 536 g/mol. The van der Waals surface area contributed by atoms with Crippen molar-refractivity contribution in [3.8, 4) is 0 Å². The predicted molar refractivity (Wildman–Crippen MR) is 152 cm³/mol. The van der Waals surface area contributed by atoms with E-state index in [0.717, 1.165) is 22.2 Å². The quantitative estimate of drug-likeness (QED) is 0.291. The third kappa shape index (κ3) is 4.79. The maximum atomic E-state index is 13.7. The van der Waals surface area contributed by atoms with Crippen molar-refractivity contribution in [2.24, 2.45) is 0 Å². The highest BCUT2D eigenvalue weighted by Gasteiger charge is 2.36. The lowest BCUT2D eigenvalue weighted by molar-refractivity contribution is 0.0934. The van der Waals surface area contributed by atoms with Crippen LogP contribution >= 0.6 is 0 Å². The number of H-pyrrole nitrogens is 1. The molecule has 196 valence electrons. The molecule has 1 aromatic heterocycles. The molecule has 2 unspecified atom stereocenters. The van der Waals surface area contributed by atoms with Crippen LogP contribution in [0, 0.1) is 0 Å². The first-order chi connectivity index (χ1) is 18.9. The number of carbonyl (C=O) groups is 1. The van der Waals surface area contributed by atoms with Crippen LogP contribution in [0.4, 0.5) is 5.69 Å². The maximum absolute atomic E-state index is 13.7. The molecule has 0 saturated carbocycles. The molecule has 5 aromatic rings. The number of sulfonamides is 1. The normalized spacial score (nSPS) is 15.7. The van der Waals surface area contributed by atoms with Gasteiger partial charge >= 0.3 is 0 Å². The molecular weight excluding hydrogens is 508 g/mol. The summed E-state index contributed by atoms with van der Waals surface area (Å²) in [6.07, 6.45) is 1.17. The molecule has 39 heavy (non-hydrogen) atoms. The molecule has 2 N–H and O–H groups in total. The van der Waals surface area contributed by atoms with Crippen LogP contribution in [-0.4, -0.2) is 30.3 Å². The Hall–Kier alpha value is -4.43. The number of para-hydroxylation sites is 3. The average molecular weight is 537 g/mol. The first-order valence-electron chi connectivity index (χ1n) is 12.9. The average Bonchev–Trinajstić information content (AvgIpc) is 3.54. The standard InChI is InChI=1S/C31H28N4O3S/c1-21-18-23-12-5-8-17-29(23)35(21)39(37,38)25-14-9-13-24(20-25)31(36)34-28(19-22-10-3-2-4-11-22)30-32-26-15-6-7-16-27(26)33-30/h2-17,20-21,28H,18-19H2,1H3,(H,32,33)(H,34,36). The lowest BCUT2D eigenvalue weighted by Crippen LogP contribution is -2.36. The van der Waals surface area contributed by atoms with Gasteiger partial charge in [0.2, 0.25) is 0 Å². The van der Waals surface area contributed by atoms with Gasteiger partial charge in [-0.05, 0) is 67.3 Å². The van der Waals surface area contributed by atoms with E-state index in [4.69, 9.17) is 4.98 Å². The summed E-state index contributed by atoms with van der Waals surface area (Å²) >= 11 is 0. The van der Waals surface area contributed by atoms with E-state index in [9.17, 15) is 13.2 Å². The molecule has 1 aliphatic rings. The zero-order valence-corrected chi connectivity index (χ0v) is 22.2. The first kappa shape index (κ1) is 24.9. The van der Waals surface area contributed by atoms with Crippen LogP contribution in [-0.2, 0) is 22.9 Å². The fourth-order valence-electron chi connectivity index (χ4n) is 5.26. The first-order valence-corrected chi connectivity index (χ1v) is 14.4. The summed E-state index contributed by atoms with van der Waals surface area (Å²) in [7, 11) is -3.87. The number of nitrogens with one attached hydrogen (secondary N) is 2. The SMILES string of the molecule is CC1Cc2ccccc2N1S(=O)(=O)c1cccc(C(=O)NC(Cc2ccccc2)c2nc3ccccc3[nH]2)c1. The molecule has 2 atom stereocenters. The number of aromatic amines is 1. The Morgan fingerprint density at radius 1 is 0.974 bits per heavy atom. The van der Waals surface area contributed by atoms with Crippen LogP contribution in [0.1, 0.15) is 40.3 Å². The molecule has 0 spiro atoms. The molecule has 2 heterocycles. The summed E-state index contributed by atoms with van der Waals surface area (Å²) in [6.45, 7) is 1.90. The van der Waals surface area contributed by atoms with E-state index in [1.807, 2.05) is 85.8 Å². The Balaban J connectivity index is 1.31. The molecule has 6 rings (SSSR count). The minimum atomic E-state index is -3.87. The van der Waals surface area contributed by atoms with E-state index in [0.29, 0.717) is 24.4 Å². The molecular formula is C31H28N4O3S. The highest BCUT2D eigenvalue weighted by atomic mass is 32.2. The summed E-state index contributed by atoms with van der Waals surface area (Å²) in [6, 6.07) is 30.7. The van der Waals surface area contributed by atoms with Crippen molar-refractivity contribution in [3.63, 3.8) is 0 Å². The van der Waals surface area contributed by atoms with E-state index in [1.165, 1.54) is 10.4 Å². The zero-order chi connectivity index (χ0) is 27.0. The lowest BCUT2D eigenvalue weighted by atomic mass is 10.0. The predicted octanol–water partition coefficient (Wildman–Crippen LogP) is 5.42. The summed E-state index contributed by atoms with van der Waals surface area (Å²) in [4.78, 5) is 21.7. The number of anilines is 1. The van der Waals surface area contributed by atoms with Gasteiger partial charge in [-0.1, -0.05) is 66.7 Å². The van der Waals surface area contributed by atoms with Gasteiger partial charge in [-0.15, -0.1) is 0 Å².